The standard InChI is InChI=1S/C11H24N4O2/c1-11(2,3)14-9(16)8-12-6-7-13-10(17)15(4)5/h12H,6-8H2,1-5H3,(H,13,17)(H,14,16). The molecule has 3 amide bonds. The molecule has 0 aliphatic heterocycles. The summed E-state index contributed by atoms with van der Waals surface area (Å²) in [7, 11) is 3.36. The van der Waals surface area contributed by atoms with Gasteiger partial charge in [-0.2, -0.15) is 0 Å². The Morgan fingerprint density at radius 1 is 1.12 bits per heavy atom. The van der Waals surface area contributed by atoms with Crippen molar-refractivity contribution in [2.24, 2.45) is 0 Å². The number of hydrogen-bond acceptors (Lipinski definition) is 3. The van der Waals surface area contributed by atoms with Crippen LogP contribution in [0.2, 0.25) is 0 Å². The molecule has 0 unspecified atom stereocenters. The first kappa shape index (κ1) is 15.7. The quantitative estimate of drug-likeness (QED) is 0.585. The number of rotatable bonds is 5. The molecule has 6 heteroatoms. The van der Waals surface area contributed by atoms with E-state index in [9.17, 15) is 9.59 Å². The van der Waals surface area contributed by atoms with E-state index in [1.807, 2.05) is 20.8 Å². The first-order chi connectivity index (χ1) is 7.72. The summed E-state index contributed by atoms with van der Waals surface area (Å²) in [5.74, 6) is -0.0450. The van der Waals surface area contributed by atoms with Crippen LogP contribution >= 0.6 is 0 Å². The lowest BCUT2D eigenvalue weighted by Crippen LogP contribution is -2.46. The fourth-order valence-electron chi connectivity index (χ4n) is 1.08. The molecule has 0 spiro atoms. The van der Waals surface area contributed by atoms with Crippen molar-refractivity contribution in [3.63, 3.8) is 0 Å². The van der Waals surface area contributed by atoms with Crippen molar-refractivity contribution in [1.82, 2.24) is 20.9 Å². The summed E-state index contributed by atoms with van der Waals surface area (Å²) in [6, 6.07) is -0.133. The lowest BCUT2D eigenvalue weighted by atomic mass is 10.1. The number of nitrogens with zero attached hydrogens (tertiary/aromatic N) is 1. The van der Waals surface area contributed by atoms with E-state index >= 15 is 0 Å². The van der Waals surface area contributed by atoms with Crippen molar-refractivity contribution in [2.75, 3.05) is 33.7 Å². The normalized spacial score (nSPS) is 10.9. The van der Waals surface area contributed by atoms with Crippen LogP contribution in [-0.4, -0.2) is 56.1 Å². The third-order valence-corrected chi connectivity index (χ3v) is 1.78. The van der Waals surface area contributed by atoms with Crippen molar-refractivity contribution in [3.8, 4) is 0 Å². The maximum absolute atomic E-state index is 11.4. The van der Waals surface area contributed by atoms with Crippen molar-refractivity contribution in [3.05, 3.63) is 0 Å². The van der Waals surface area contributed by atoms with E-state index < -0.39 is 0 Å². The third kappa shape index (κ3) is 9.62. The minimum absolute atomic E-state index is 0.0450. The van der Waals surface area contributed by atoms with Crippen LogP contribution in [0.5, 0.6) is 0 Å². The summed E-state index contributed by atoms with van der Waals surface area (Å²) >= 11 is 0. The second-order valence-corrected chi connectivity index (χ2v) is 5.10. The highest BCUT2D eigenvalue weighted by Gasteiger charge is 2.12. The van der Waals surface area contributed by atoms with E-state index in [0.29, 0.717) is 13.1 Å². The third-order valence-electron chi connectivity index (χ3n) is 1.78. The molecule has 0 fully saturated rings. The van der Waals surface area contributed by atoms with E-state index in [0.717, 1.165) is 0 Å². The van der Waals surface area contributed by atoms with Gasteiger partial charge in [-0.15, -0.1) is 0 Å². The Balaban J connectivity index is 3.53. The van der Waals surface area contributed by atoms with Gasteiger partial charge in [-0.05, 0) is 20.8 Å². The summed E-state index contributed by atoms with van der Waals surface area (Å²) in [5.41, 5.74) is -0.210. The Kier molecular flexibility index (Phi) is 6.57. The Bertz CT molecular complexity index is 259. The number of carbonyl (C=O) groups is 2. The van der Waals surface area contributed by atoms with E-state index in [2.05, 4.69) is 16.0 Å². The summed E-state index contributed by atoms with van der Waals surface area (Å²) in [4.78, 5) is 24.0. The highest BCUT2D eigenvalue weighted by atomic mass is 16.2. The van der Waals surface area contributed by atoms with Gasteiger partial charge in [0.15, 0.2) is 0 Å². The van der Waals surface area contributed by atoms with Crippen molar-refractivity contribution in [2.45, 2.75) is 26.3 Å². The molecule has 0 saturated heterocycles. The second kappa shape index (κ2) is 7.11. The Morgan fingerprint density at radius 3 is 2.18 bits per heavy atom. The van der Waals surface area contributed by atoms with E-state index in [1.165, 1.54) is 4.90 Å². The molecule has 0 heterocycles. The molecule has 17 heavy (non-hydrogen) atoms. The first-order valence-corrected chi connectivity index (χ1v) is 5.69. The number of carbonyl (C=O) groups excluding carboxylic acids is 2. The van der Waals surface area contributed by atoms with Crippen LogP contribution in [0.15, 0.2) is 0 Å². The molecular weight excluding hydrogens is 220 g/mol. The lowest BCUT2D eigenvalue weighted by Gasteiger charge is -2.20. The fraction of sp³-hybridized carbons (Fsp3) is 0.818. The average Bonchev–Trinajstić information content (AvgIpc) is 2.13. The van der Waals surface area contributed by atoms with Crippen LogP contribution in [0.1, 0.15) is 20.8 Å². The Hall–Kier alpha value is -1.30. The van der Waals surface area contributed by atoms with Gasteiger partial charge in [0.1, 0.15) is 0 Å². The molecule has 0 aromatic heterocycles. The number of nitrogens with one attached hydrogen (secondary N) is 3. The zero-order valence-electron chi connectivity index (χ0n) is 11.4. The molecule has 0 radical (unpaired) electrons. The van der Waals surface area contributed by atoms with E-state index in [1.54, 1.807) is 14.1 Å². The van der Waals surface area contributed by atoms with Crippen LogP contribution in [0.3, 0.4) is 0 Å². The van der Waals surface area contributed by atoms with E-state index in [-0.39, 0.29) is 24.0 Å². The molecule has 0 rings (SSSR count). The highest BCUT2D eigenvalue weighted by Crippen LogP contribution is 1.96. The van der Waals surface area contributed by atoms with Crippen LogP contribution in [0, 0.1) is 0 Å². The summed E-state index contributed by atoms with van der Waals surface area (Å²) in [6.07, 6.45) is 0. The van der Waals surface area contributed by atoms with Gasteiger partial charge in [-0.1, -0.05) is 0 Å². The zero-order chi connectivity index (χ0) is 13.5. The molecule has 0 aliphatic rings. The van der Waals surface area contributed by atoms with Gasteiger partial charge >= 0.3 is 6.03 Å². The smallest absolute Gasteiger partial charge is 0.316 e. The minimum atomic E-state index is -0.210. The first-order valence-electron chi connectivity index (χ1n) is 5.69. The largest absolute Gasteiger partial charge is 0.350 e. The topological polar surface area (TPSA) is 73.5 Å². The lowest BCUT2D eigenvalue weighted by molar-refractivity contribution is -0.121. The molecule has 6 nitrogen and oxygen atoms in total. The van der Waals surface area contributed by atoms with E-state index in [4.69, 9.17) is 0 Å². The number of amides is 3. The van der Waals surface area contributed by atoms with Gasteiger partial charge in [-0.25, -0.2) is 4.79 Å². The number of urea groups is 1. The molecular formula is C11H24N4O2. The van der Waals surface area contributed by atoms with Crippen LogP contribution in [0.4, 0.5) is 4.79 Å². The van der Waals surface area contributed by atoms with Gasteiger partial charge < -0.3 is 20.9 Å². The maximum atomic E-state index is 11.4. The average molecular weight is 244 g/mol. The summed E-state index contributed by atoms with van der Waals surface area (Å²) < 4.78 is 0. The van der Waals surface area contributed by atoms with Gasteiger partial charge in [0.25, 0.3) is 0 Å². The Morgan fingerprint density at radius 2 is 1.71 bits per heavy atom. The Labute approximate surface area is 103 Å². The number of hydrogen-bond donors (Lipinski definition) is 3. The fourth-order valence-corrected chi connectivity index (χ4v) is 1.08. The van der Waals surface area contributed by atoms with Crippen molar-refractivity contribution in [1.29, 1.82) is 0 Å². The predicted molar refractivity (Wildman–Crippen MR) is 67.9 cm³/mol. The van der Waals surface area contributed by atoms with Crippen LogP contribution in [0.25, 0.3) is 0 Å². The van der Waals surface area contributed by atoms with Crippen molar-refractivity contribution < 1.29 is 9.59 Å². The summed E-state index contributed by atoms with van der Waals surface area (Å²) in [6.45, 7) is 7.12. The van der Waals surface area contributed by atoms with Crippen molar-refractivity contribution >= 4 is 11.9 Å². The monoisotopic (exact) mass is 244 g/mol. The van der Waals surface area contributed by atoms with Gasteiger partial charge in [-0.3, -0.25) is 4.79 Å². The minimum Gasteiger partial charge on any atom is -0.350 e. The van der Waals surface area contributed by atoms with Gasteiger partial charge in [0.05, 0.1) is 6.54 Å². The SMILES string of the molecule is CN(C)C(=O)NCCNCC(=O)NC(C)(C)C. The highest BCUT2D eigenvalue weighted by molar-refractivity contribution is 5.78. The zero-order valence-corrected chi connectivity index (χ0v) is 11.4. The van der Waals surface area contributed by atoms with Gasteiger partial charge in [0.2, 0.25) is 5.91 Å². The van der Waals surface area contributed by atoms with Crippen LogP contribution < -0.4 is 16.0 Å². The molecule has 0 aromatic carbocycles. The predicted octanol–water partition coefficient (Wildman–Crippen LogP) is -0.238. The summed E-state index contributed by atoms with van der Waals surface area (Å²) in [5, 5.41) is 8.49. The molecule has 0 saturated carbocycles. The molecule has 0 aliphatic carbocycles. The van der Waals surface area contributed by atoms with Crippen LogP contribution in [-0.2, 0) is 4.79 Å². The molecule has 100 valence electrons. The molecule has 0 aromatic rings. The molecule has 3 N–H and O–H groups in total. The second-order valence-electron chi connectivity index (χ2n) is 5.10. The van der Waals surface area contributed by atoms with Gasteiger partial charge in [0, 0.05) is 32.7 Å². The molecule has 0 atom stereocenters. The molecule has 0 bridgehead atoms. The maximum Gasteiger partial charge on any atom is 0.316 e.